The quantitative estimate of drug-likeness (QED) is 0.661. The summed E-state index contributed by atoms with van der Waals surface area (Å²) in [5, 5.41) is 3.49. The summed E-state index contributed by atoms with van der Waals surface area (Å²) in [4.78, 5) is 0. The standard InChI is InChI=1S/C18H31NO2/c1-5-9-16(14-19-13-15(3)4)21-18-11-8-7-10-17(18)20-12-6-2/h7-8,10-11,15-16,19H,5-6,9,12-14H2,1-4H3. The summed E-state index contributed by atoms with van der Waals surface area (Å²) in [5.41, 5.74) is 0. The van der Waals surface area contributed by atoms with E-state index in [1.165, 1.54) is 0 Å². The minimum Gasteiger partial charge on any atom is -0.490 e. The molecule has 0 aliphatic rings. The van der Waals surface area contributed by atoms with E-state index in [1.807, 2.05) is 24.3 Å². The number of hydrogen-bond acceptors (Lipinski definition) is 3. The van der Waals surface area contributed by atoms with Gasteiger partial charge in [-0.05, 0) is 37.4 Å². The predicted octanol–water partition coefficient (Wildman–Crippen LogP) is 4.27. The zero-order valence-corrected chi connectivity index (χ0v) is 14.0. The molecular formula is C18H31NO2. The summed E-state index contributed by atoms with van der Waals surface area (Å²) < 4.78 is 11.9. The van der Waals surface area contributed by atoms with Gasteiger partial charge in [-0.1, -0.05) is 46.2 Å². The lowest BCUT2D eigenvalue weighted by molar-refractivity contribution is 0.174. The fourth-order valence-electron chi connectivity index (χ4n) is 2.12. The van der Waals surface area contributed by atoms with Crippen LogP contribution in [0.15, 0.2) is 24.3 Å². The summed E-state index contributed by atoms with van der Waals surface area (Å²) in [6, 6.07) is 7.97. The molecule has 0 fully saturated rings. The third-order valence-electron chi connectivity index (χ3n) is 3.14. The smallest absolute Gasteiger partial charge is 0.161 e. The van der Waals surface area contributed by atoms with Crippen LogP contribution < -0.4 is 14.8 Å². The van der Waals surface area contributed by atoms with Crippen molar-refractivity contribution < 1.29 is 9.47 Å². The minimum atomic E-state index is 0.195. The van der Waals surface area contributed by atoms with Crippen LogP contribution in [0.3, 0.4) is 0 Å². The van der Waals surface area contributed by atoms with E-state index in [-0.39, 0.29) is 6.10 Å². The van der Waals surface area contributed by atoms with Crippen molar-refractivity contribution in [3.8, 4) is 11.5 Å². The molecule has 0 aromatic heterocycles. The van der Waals surface area contributed by atoms with Crippen molar-refractivity contribution in [3.05, 3.63) is 24.3 Å². The van der Waals surface area contributed by atoms with Gasteiger partial charge in [-0.15, -0.1) is 0 Å². The maximum absolute atomic E-state index is 6.18. The second-order valence-electron chi connectivity index (χ2n) is 5.88. The second-order valence-corrected chi connectivity index (χ2v) is 5.88. The van der Waals surface area contributed by atoms with Gasteiger partial charge in [0.25, 0.3) is 0 Å². The van der Waals surface area contributed by atoms with E-state index < -0.39 is 0 Å². The highest BCUT2D eigenvalue weighted by molar-refractivity contribution is 5.39. The van der Waals surface area contributed by atoms with Gasteiger partial charge in [-0.25, -0.2) is 0 Å². The van der Waals surface area contributed by atoms with E-state index >= 15 is 0 Å². The van der Waals surface area contributed by atoms with Crippen LogP contribution in [0.1, 0.15) is 47.0 Å². The van der Waals surface area contributed by atoms with Gasteiger partial charge in [0.1, 0.15) is 6.10 Å². The maximum atomic E-state index is 6.18. The monoisotopic (exact) mass is 293 g/mol. The SMILES string of the molecule is CCCOc1ccccc1OC(CCC)CNCC(C)C. The zero-order chi connectivity index (χ0) is 15.5. The number of hydrogen-bond donors (Lipinski definition) is 1. The molecule has 0 saturated heterocycles. The van der Waals surface area contributed by atoms with Crippen LogP contribution in [-0.4, -0.2) is 25.8 Å². The fourth-order valence-corrected chi connectivity index (χ4v) is 2.12. The van der Waals surface area contributed by atoms with Crippen molar-refractivity contribution >= 4 is 0 Å². The summed E-state index contributed by atoms with van der Waals surface area (Å²) >= 11 is 0. The van der Waals surface area contributed by atoms with Gasteiger partial charge in [0, 0.05) is 6.54 Å². The molecule has 1 atom stereocenters. The normalized spacial score (nSPS) is 12.4. The molecule has 1 aromatic carbocycles. The Morgan fingerprint density at radius 2 is 1.71 bits per heavy atom. The van der Waals surface area contributed by atoms with Gasteiger partial charge >= 0.3 is 0 Å². The topological polar surface area (TPSA) is 30.5 Å². The van der Waals surface area contributed by atoms with Crippen LogP contribution in [0.25, 0.3) is 0 Å². The van der Waals surface area contributed by atoms with E-state index in [0.29, 0.717) is 5.92 Å². The van der Waals surface area contributed by atoms with Crippen LogP contribution in [0.4, 0.5) is 0 Å². The summed E-state index contributed by atoms with van der Waals surface area (Å²) in [5.74, 6) is 2.37. The maximum Gasteiger partial charge on any atom is 0.161 e. The molecule has 1 aromatic rings. The molecule has 0 radical (unpaired) electrons. The van der Waals surface area contributed by atoms with E-state index in [0.717, 1.165) is 50.5 Å². The van der Waals surface area contributed by atoms with E-state index in [1.54, 1.807) is 0 Å². The van der Waals surface area contributed by atoms with Crippen molar-refractivity contribution in [1.29, 1.82) is 0 Å². The predicted molar refractivity (Wildman–Crippen MR) is 89.3 cm³/mol. The lowest BCUT2D eigenvalue weighted by Gasteiger charge is -2.21. The van der Waals surface area contributed by atoms with Crippen molar-refractivity contribution in [2.24, 2.45) is 5.92 Å². The molecule has 3 nitrogen and oxygen atoms in total. The summed E-state index contributed by atoms with van der Waals surface area (Å²) in [6.07, 6.45) is 3.36. The van der Waals surface area contributed by atoms with Gasteiger partial charge in [-0.2, -0.15) is 0 Å². The first-order chi connectivity index (χ1) is 10.2. The van der Waals surface area contributed by atoms with E-state index in [9.17, 15) is 0 Å². The molecule has 21 heavy (non-hydrogen) atoms. The molecule has 0 amide bonds. The lowest BCUT2D eigenvalue weighted by Crippen LogP contribution is -2.33. The van der Waals surface area contributed by atoms with Crippen molar-refractivity contribution in [1.82, 2.24) is 5.32 Å². The molecule has 3 heteroatoms. The number of rotatable bonds is 11. The van der Waals surface area contributed by atoms with Crippen LogP contribution in [0.2, 0.25) is 0 Å². The number of benzene rings is 1. The van der Waals surface area contributed by atoms with Gasteiger partial charge in [0.2, 0.25) is 0 Å². The van der Waals surface area contributed by atoms with Crippen LogP contribution >= 0.6 is 0 Å². The molecule has 0 saturated carbocycles. The Hall–Kier alpha value is -1.22. The number of ether oxygens (including phenoxy) is 2. The Bertz CT molecular complexity index is 379. The molecule has 1 N–H and O–H groups in total. The lowest BCUT2D eigenvalue weighted by atomic mass is 10.2. The van der Waals surface area contributed by atoms with Gasteiger partial charge in [-0.3, -0.25) is 0 Å². The Balaban J connectivity index is 2.60. The number of para-hydroxylation sites is 2. The molecule has 120 valence electrons. The fraction of sp³-hybridized carbons (Fsp3) is 0.667. The molecule has 1 rings (SSSR count). The molecule has 0 heterocycles. The first-order valence-corrected chi connectivity index (χ1v) is 8.26. The molecule has 0 spiro atoms. The minimum absolute atomic E-state index is 0.195. The highest BCUT2D eigenvalue weighted by Crippen LogP contribution is 2.28. The molecular weight excluding hydrogens is 262 g/mol. The van der Waals surface area contributed by atoms with Crippen LogP contribution in [0, 0.1) is 5.92 Å². The molecule has 0 aliphatic carbocycles. The highest BCUT2D eigenvalue weighted by atomic mass is 16.5. The molecule has 1 unspecified atom stereocenters. The van der Waals surface area contributed by atoms with Gasteiger partial charge < -0.3 is 14.8 Å². The third-order valence-corrected chi connectivity index (χ3v) is 3.14. The third kappa shape index (κ3) is 7.37. The Kier molecular flexibility index (Phi) is 8.91. The highest BCUT2D eigenvalue weighted by Gasteiger charge is 2.12. The first-order valence-electron chi connectivity index (χ1n) is 8.26. The van der Waals surface area contributed by atoms with Crippen LogP contribution in [-0.2, 0) is 0 Å². The van der Waals surface area contributed by atoms with Crippen molar-refractivity contribution in [2.75, 3.05) is 19.7 Å². The van der Waals surface area contributed by atoms with Crippen molar-refractivity contribution in [3.63, 3.8) is 0 Å². The first kappa shape index (κ1) is 17.8. The van der Waals surface area contributed by atoms with E-state index in [2.05, 4.69) is 33.0 Å². The second kappa shape index (κ2) is 10.5. The molecule has 0 aliphatic heterocycles. The van der Waals surface area contributed by atoms with Gasteiger partial charge in [0.15, 0.2) is 11.5 Å². The number of nitrogens with one attached hydrogen (secondary N) is 1. The largest absolute Gasteiger partial charge is 0.490 e. The summed E-state index contributed by atoms with van der Waals surface area (Å²) in [6.45, 7) is 11.4. The average molecular weight is 293 g/mol. The average Bonchev–Trinajstić information content (AvgIpc) is 2.46. The molecule has 0 bridgehead atoms. The summed E-state index contributed by atoms with van der Waals surface area (Å²) in [7, 11) is 0. The van der Waals surface area contributed by atoms with Crippen LogP contribution in [0.5, 0.6) is 11.5 Å². The Morgan fingerprint density at radius 1 is 1.00 bits per heavy atom. The van der Waals surface area contributed by atoms with Crippen molar-refractivity contribution in [2.45, 2.75) is 53.1 Å². The van der Waals surface area contributed by atoms with E-state index in [4.69, 9.17) is 9.47 Å². The zero-order valence-electron chi connectivity index (χ0n) is 14.0. The Morgan fingerprint density at radius 3 is 2.33 bits per heavy atom. The Labute approximate surface area is 130 Å². The van der Waals surface area contributed by atoms with Gasteiger partial charge in [0.05, 0.1) is 6.61 Å².